The van der Waals surface area contributed by atoms with E-state index >= 15 is 0 Å². The molecule has 0 unspecified atom stereocenters. The molecule has 3 heterocycles. The van der Waals surface area contributed by atoms with Crippen LogP contribution in [0.25, 0.3) is 0 Å². The number of benzene rings is 2. The second kappa shape index (κ2) is 28.9. The maximum atomic E-state index is 14.3. The van der Waals surface area contributed by atoms with Crippen LogP contribution in [0.5, 0.6) is 0 Å². The number of pyridine rings is 1. The number of likely N-dealkylation sites (N-methyl/N-ethyl adjacent to an activating group) is 1. The Morgan fingerprint density at radius 3 is 1.85 bits per heavy atom. The number of amides is 1. The van der Waals surface area contributed by atoms with E-state index in [4.69, 9.17) is 19.2 Å². The molecule has 14 heteroatoms. The number of unbranched alkanes of at least 4 members (excludes halogenated alkanes) is 10. The number of carbonyl (C=O) groups excluding carboxylic acids is 2. The van der Waals surface area contributed by atoms with E-state index in [0.29, 0.717) is 12.8 Å². The van der Waals surface area contributed by atoms with Gasteiger partial charge in [0, 0.05) is 24.9 Å². The van der Waals surface area contributed by atoms with Crippen molar-refractivity contribution in [2.75, 3.05) is 26.8 Å². The first-order valence-electron chi connectivity index (χ1n) is 28.2. The number of esters is 1. The van der Waals surface area contributed by atoms with Crippen LogP contribution in [-0.2, 0) is 23.8 Å². The first-order chi connectivity index (χ1) is 35.2. The van der Waals surface area contributed by atoms with Gasteiger partial charge in [-0.3, -0.25) is 9.59 Å². The molecule has 1 aromatic heterocycles. The number of cyclic esters (lactones) is 1. The Balaban J connectivity index is 1.16. The Hall–Kier alpha value is -3.36. The van der Waals surface area contributed by atoms with E-state index in [1.807, 2.05) is 45.1 Å². The Morgan fingerprint density at radius 1 is 0.784 bits per heavy atom. The van der Waals surface area contributed by atoms with Crippen molar-refractivity contribution in [1.82, 2.24) is 14.8 Å². The van der Waals surface area contributed by atoms with Gasteiger partial charge in [-0.05, 0) is 73.9 Å². The van der Waals surface area contributed by atoms with Crippen molar-refractivity contribution in [3.8, 4) is 0 Å². The topological polar surface area (TPSA) is 182 Å². The minimum Gasteiger partial charge on any atom is -0.388 e. The van der Waals surface area contributed by atoms with Gasteiger partial charge in [-0.15, -0.1) is 0 Å². The second-order valence-electron chi connectivity index (χ2n) is 23.0. The largest absolute Gasteiger partial charge is 0.388 e. The zero-order valence-electron chi connectivity index (χ0n) is 46.7. The standard InChI is InChI=1S/C60H96N3O10P/c1-11-50-60(8,70)55(67)46(6)63(41-42(2)40-59(7,69)56(44(4)53(65)45(5)57(68)72-50)73-58-54(66)49(62(9)10)39-43(3)71-58)52(64)36-27-19-17-15-13-12-14-16-18-20-30-38-74(47-31-23-21-24-32-47,48-33-25-22-26-34-48)51-35-28-29-37-61-51/h21-26,28-29,31-35,37,42-46,49-50,53-56,58,65-67,69-70,74H,11-20,27,30,36,38-41H2,1-10H3/t42-,43-,44+,45-,46-,49+,50-,53+,54-,55-,56-,58+,59-,60-/m1/s1. The molecule has 0 radical (unpaired) electrons. The molecule has 74 heavy (non-hydrogen) atoms. The number of rotatable bonds is 21. The number of hydrogen-bond acceptors (Lipinski definition) is 12. The number of hydrogen-bond donors (Lipinski definition) is 5. The van der Waals surface area contributed by atoms with Crippen molar-refractivity contribution in [3.63, 3.8) is 0 Å². The van der Waals surface area contributed by atoms with E-state index in [2.05, 4.69) is 72.8 Å². The third-order valence-electron chi connectivity index (χ3n) is 16.6. The fraction of sp³-hybridized carbons (Fsp3) is 0.683. The van der Waals surface area contributed by atoms with Crippen LogP contribution in [0.1, 0.15) is 152 Å². The van der Waals surface area contributed by atoms with Gasteiger partial charge >= 0.3 is 196 Å². The molecule has 2 aliphatic rings. The molecule has 0 bridgehead atoms. The Kier molecular flexibility index (Phi) is 24.0. The summed E-state index contributed by atoms with van der Waals surface area (Å²) in [4.78, 5) is 36.6. The Morgan fingerprint density at radius 2 is 1.32 bits per heavy atom. The van der Waals surface area contributed by atoms with Crippen molar-refractivity contribution in [3.05, 3.63) is 85.1 Å². The van der Waals surface area contributed by atoms with Gasteiger partial charge in [-0.1, -0.05) is 20.8 Å². The van der Waals surface area contributed by atoms with Crippen molar-refractivity contribution in [1.29, 1.82) is 0 Å². The van der Waals surface area contributed by atoms with Crippen LogP contribution < -0.4 is 16.0 Å². The smallest absolute Gasteiger partial charge is 0.126 e. The summed E-state index contributed by atoms with van der Waals surface area (Å²) in [7, 11) is 1.44. The van der Waals surface area contributed by atoms with E-state index in [-0.39, 0.29) is 49.8 Å². The molecule has 0 spiro atoms. The van der Waals surface area contributed by atoms with Crippen LogP contribution in [0.2, 0.25) is 0 Å². The van der Waals surface area contributed by atoms with Gasteiger partial charge in [0.25, 0.3) is 0 Å². The fourth-order valence-electron chi connectivity index (χ4n) is 12.2. The molecule has 14 atom stereocenters. The molecular formula is C60H96N3O10P. The molecule has 3 aromatic rings. The van der Waals surface area contributed by atoms with Gasteiger partial charge in [0.05, 0.1) is 35.9 Å². The van der Waals surface area contributed by atoms with Gasteiger partial charge < -0.3 is 49.5 Å². The average Bonchev–Trinajstić information content (AvgIpc) is 3.38. The molecule has 1 amide bonds. The minimum atomic E-state index is -2.31. The van der Waals surface area contributed by atoms with Crippen LogP contribution in [0, 0.1) is 17.8 Å². The Bertz CT molecular complexity index is 2000. The van der Waals surface area contributed by atoms with Gasteiger partial charge in [0.2, 0.25) is 5.91 Å². The van der Waals surface area contributed by atoms with Gasteiger partial charge in [0.15, 0.2) is 6.29 Å². The summed E-state index contributed by atoms with van der Waals surface area (Å²) in [6, 6.07) is 27.2. The third kappa shape index (κ3) is 15.9. The fourth-order valence-corrected chi connectivity index (χ4v) is 16.9. The summed E-state index contributed by atoms with van der Waals surface area (Å²) in [6.07, 6.45) is 8.47. The predicted molar refractivity (Wildman–Crippen MR) is 299 cm³/mol. The van der Waals surface area contributed by atoms with E-state index in [9.17, 15) is 35.1 Å². The van der Waals surface area contributed by atoms with E-state index in [1.165, 1.54) is 62.0 Å². The third-order valence-corrected chi connectivity index (χ3v) is 21.5. The van der Waals surface area contributed by atoms with Crippen molar-refractivity contribution in [2.45, 2.75) is 218 Å². The first kappa shape index (κ1) is 61.5. The van der Waals surface area contributed by atoms with Crippen LogP contribution in [0.15, 0.2) is 85.1 Å². The van der Waals surface area contributed by atoms with Crippen molar-refractivity contribution < 1.29 is 49.3 Å². The number of ether oxygens (including phenoxy) is 3. The summed E-state index contributed by atoms with van der Waals surface area (Å²) in [6.45, 7) is 13.6. The second-order valence-corrected chi connectivity index (χ2v) is 26.9. The normalized spacial score (nSPS) is 32.1. The number of carbonyl (C=O) groups is 2. The molecule has 2 saturated heterocycles. The summed E-state index contributed by atoms with van der Waals surface area (Å²) in [5.41, 5.74) is -2.39. The molecule has 5 rings (SSSR count). The molecule has 2 aliphatic heterocycles. The summed E-state index contributed by atoms with van der Waals surface area (Å²) < 4.78 is 18.6. The van der Waals surface area contributed by atoms with Crippen LogP contribution in [-0.4, -0.2) is 145 Å². The number of aliphatic hydroxyl groups excluding tert-OH is 3. The average molecular weight is 1050 g/mol. The predicted octanol–water partition coefficient (Wildman–Crippen LogP) is 7.67. The van der Waals surface area contributed by atoms with Crippen molar-refractivity contribution >= 4 is 35.2 Å². The molecular weight excluding hydrogens is 954 g/mol. The summed E-state index contributed by atoms with van der Waals surface area (Å²) in [5, 5.41) is 62.3. The van der Waals surface area contributed by atoms with Crippen LogP contribution in [0.4, 0.5) is 0 Å². The SMILES string of the molecule is CC[C@H]1OC(=O)[C@H](C)[C@@H](O)[C@H](C)[C@@H](O[C@@H]2O[C@H](C)C[C@H](N(C)C)[C@H]2O)[C@](C)(O)C[C@@H](C)CN(C(=O)CCCCCCCCCCCCC[PH](c2ccccc2)(c2ccccc2)c2ccccn2)[C@H](C)[C@@H](O)[C@]1(C)O. The van der Waals surface area contributed by atoms with Gasteiger partial charge in [-0.25, -0.2) is 0 Å². The van der Waals surface area contributed by atoms with Gasteiger partial charge in [0.1, 0.15) is 23.9 Å². The van der Waals surface area contributed by atoms with Crippen LogP contribution in [0.3, 0.4) is 0 Å². The zero-order chi connectivity index (χ0) is 54.2. The molecule has 0 aliphatic carbocycles. The van der Waals surface area contributed by atoms with E-state index < -0.39 is 79.1 Å². The molecule has 13 nitrogen and oxygen atoms in total. The molecule has 416 valence electrons. The molecule has 2 aromatic carbocycles. The number of aromatic nitrogens is 1. The molecule has 5 N–H and O–H groups in total. The summed E-state index contributed by atoms with van der Waals surface area (Å²) >= 11 is 0. The van der Waals surface area contributed by atoms with Crippen LogP contribution >= 0.6 is 7.26 Å². The monoisotopic (exact) mass is 1050 g/mol. The zero-order valence-corrected chi connectivity index (χ0v) is 47.7. The minimum absolute atomic E-state index is 0.0976. The first-order valence-corrected chi connectivity index (χ1v) is 30.4. The quantitative estimate of drug-likeness (QED) is 0.0400. The maximum Gasteiger partial charge on any atom is 0.126 e. The number of nitrogens with zero attached hydrogens (tertiary/aromatic N) is 3. The van der Waals surface area contributed by atoms with E-state index in [1.54, 1.807) is 32.6 Å². The van der Waals surface area contributed by atoms with Gasteiger partial charge in [-0.2, -0.15) is 0 Å². The maximum absolute atomic E-state index is 14.3. The summed E-state index contributed by atoms with van der Waals surface area (Å²) in [5.74, 6) is -3.32. The van der Waals surface area contributed by atoms with E-state index in [0.717, 1.165) is 38.3 Å². The molecule has 0 saturated carbocycles. The van der Waals surface area contributed by atoms with Crippen molar-refractivity contribution in [2.24, 2.45) is 17.8 Å². The number of aliphatic hydroxyl groups is 5. The molecule has 2 fully saturated rings. The Labute approximate surface area is 445 Å².